The zero-order chi connectivity index (χ0) is 17.0. The van der Waals surface area contributed by atoms with Gasteiger partial charge in [-0.2, -0.15) is 5.10 Å². The number of nitrogens with zero attached hydrogens (tertiary/aromatic N) is 3. The zero-order valence-corrected chi connectivity index (χ0v) is 14.2. The molecule has 3 aromatic rings. The first-order valence-electron chi connectivity index (χ1n) is 7.18. The summed E-state index contributed by atoms with van der Waals surface area (Å²) in [7, 11) is -3.56. The minimum Gasteiger partial charge on any atom is -0.249 e. The molecule has 0 aliphatic carbocycles. The van der Waals surface area contributed by atoms with E-state index < -0.39 is 10.0 Å². The summed E-state index contributed by atoms with van der Waals surface area (Å²) in [4.78, 5) is 4.08. The molecule has 124 valence electrons. The molecule has 0 spiro atoms. The van der Waals surface area contributed by atoms with Gasteiger partial charge in [0.1, 0.15) is 12.7 Å². The van der Waals surface area contributed by atoms with Crippen molar-refractivity contribution in [1.29, 1.82) is 0 Å². The van der Waals surface area contributed by atoms with Gasteiger partial charge in [0.25, 0.3) is 0 Å². The van der Waals surface area contributed by atoms with Gasteiger partial charge in [0.2, 0.25) is 10.0 Å². The van der Waals surface area contributed by atoms with Gasteiger partial charge in [0.15, 0.2) is 0 Å². The first kappa shape index (κ1) is 16.6. The van der Waals surface area contributed by atoms with E-state index in [9.17, 15) is 8.42 Å². The summed E-state index contributed by atoms with van der Waals surface area (Å²) in [6.45, 7) is 0.839. The minimum atomic E-state index is -3.56. The fourth-order valence-corrected chi connectivity index (χ4v) is 3.28. The third-order valence-electron chi connectivity index (χ3n) is 3.42. The number of aromatic nitrogens is 3. The molecule has 0 saturated heterocycles. The average molecular weight is 363 g/mol. The van der Waals surface area contributed by atoms with Crippen molar-refractivity contribution in [2.24, 2.45) is 0 Å². The van der Waals surface area contributed by atoms with E-state index in [1.165, 1.54) is 18.5 Å². The van der Waals surface area contributed by atoms with Gasteiger partial charge in [0, 0.05) is 11.6 Å². The van der Waals surface area contributed by atoms with Gasteiger partial charge in [-0.15, -0.1) is 0 Å². The summed E-state index contributed by atoms with van der Waals surface area (Å²) in [6, 6.07) is 13.7. The molecule has 0 saturated carbocycles. The second kappa shape index (κ2) is 7.12. The van der Waals surface area contributed by atoms with Crippen LogP contribution in [0.5, 0.6) is 0 Å². The lowest BCUT2D eigenvalue weighted by molar-refractivity contribution is 0.581. The molecule has 6 nitrogen and oxygen atoms in total. The number of benzene rings is 2. The summed E-state index contributed by atoms with van der Waals surface area (Å²) in [5, 5.41) is 4.54. The molecule has 2 aromatic carbocycles. The molecule has 0 bridgehead atoms. The maximum absolute atomic E-state index is 12.2. The first-order chi connectivity index (χ1) is 11.5. The summed E-state index contributed by atoms with van der Waals surface area (Å²) < 4.78 is 28.7. The molecule has 24 heavy (non-hydrogen) atoms. The molecule has 0 aliphatic heterocycles. The Morgan fingerprint density at radius 1 is 1.00 bits per heavy atom. The molecular weight excluding hydrogens is 348 g/mol. The first-order valence-corrected chi connectivity index (χ1v) is 9.04. The fourth-order valence-electron chi connectivity index (χ4n) is 2.14. The second-order valence-electron chi connectivity index (χ2n) is 5.19. The highest BCUT2D eigenvalue weighted by atomic mass is 35.5. The van der Waals surface area contributed by atoms with Crippen LogP contribution in [0.4, 0.5) is 0 Å². The van der Waals surface area contributed by atoms with Crippen molar-refractivity contribution >= 4 is 21.6 Å². The number of nitrogens with one attached hydrogen (secondary N) is 1. The van der Waals surface area contributed by atoms with Crippen molar-refractivity contribution in [2.75, 3.05) is 0 Å². The smallest absolute Gasteiger partial charge is 0.240 e. The average Bonchev–Trinajstić information content (AvgIpc) is 3.08. The van der Waals surface area contributed by atoms with Crippen molar-refractivity contribution in [3.05, 3.63) is 77.3 Å². The predicted octanol–water partition coefficient (Wildman–Crippen LogP) is 2.46. The Morgan fingerprint density at radius 3 is 2.29 bits per heavy atom. The lowest BCUT2D eigenvalue weighted by atomic mass is 10.1. The van der Waals surface area contributed by atoms with E-state index in [-0.39, 0.29) is 11.4 Å². The van der Waals surface area contributed by atoms with E-state index in [2.05, 4.69) is 14.8 Å². The topological polar surface area (TPSA) is 76.9 Å². The van der Waals surface area contributed by atoms with Crippen molar-refractivity contribution in [2.45, 2.75) is 18.0 Å². The Bertz CT molecular complexity index is 892. The van der Waals surface area contributed by atoms with Gasteiger partial charge >= 0.3 is 0 Å². The van der Waals surface area contributed by atoms with Gasteiger partial charge in [-0.3, -0.25) is 0 Å². The van der Waals surface area contributed by atoms with Crippen LogP contribution < -0.4 is 4.72 Å². The maximum atomic E-state index is 12.2. The Morgan fingerprint density at radius 2 is 1.67 bits per heavy atom. The van der Waals surface area contributed by atoms with Gasteiger partial charge in [-0.1, -0.05) is 35.9 Å². The Kier molecular flexibility index (Phi) is 4.94. The molecule has 0 radical (unpaired) electrons. The molecule has 3 rings (SSSR count). The number of halogens is 1. The van der Waals surface area contributed by atoms with E-state index >= 15 is 0 Å². The van der Waals surface area contributed by atoms with Crippen LogP contribution in [0, 0.1) is 0 Å². The molecule has 0 aliphatic rings. The van der Waals surface area contributed by atoms with Crippen LogP contribution in [0.3, 0.4) is 0 Å². The van der Waals surface area contributed by atoms with Crippen LogP contribution in [0.1, 0.15) is 11.1 Å². The summed E-state index contributed by atoms with van der Waals surface area (Å²) in [6.07, 6.45) is 3.13. The van der Waals surface area contributed by atoms with Crippen molar-refractivity contribution in [3.63, 3.8) is 0 Å². The van der Waals surface area contributed by atoms with Gasteiger partial charge < -0.3 is 0 Å². The fraction of sp³-hybridized carbons (Fsp3) is 0.125. The van der Waals surface area contributed by atoms with E-state index in [0.717, 1.165) is 11.1 Å². The van der Waals surface area contributed by atoms with Crippen molar-refractivity contribution < 1.29 is 8.42 Å². The monoisotopic (exact) mass is 362 g/mol. The summed E-state index contributed by atoms with van der Waals surface area (Å²) in [5.41, 5.74) is 1.93. The SMILES string of the molecule is O=S(=O)(NCc1ccc(Cn2cncn2)cc1)c1ccc(Cl)cc1. The molecule has 0 fully saturated rings. The third-order valence-corrected chi connectivity index (χ3v) is 5.09. The molecule has 0 atom stereocenters. The van der Waals surface area contributed by atoms with Crippen molar-refractivity contribution in [1.82, 2.24) is 19.5 Å². The molecule has 1 heterocycles. The standard InChI is InChI=1S/C16H15ClN4O2S/c17-15-5-7-16(8-6-15)24(22,23)20-9-13-1-3-14(4-2-13)10-21-12-18-11-19-21/h1-8,11-12,20H,9-10H2. The van der Waals surface area contributed by atoms with Crippen LogP contribution in [0.15, 0.2) is 66.1 Å². The quantitative estimate of drug-likeness (QED) is 0.730. The van der Waals surface area contributed by atoms with Crippen LogP contribution in [0.2, 0.25) is 5.02 Å². The second-order valence-corrected chi connectivity index (χ2v) is 7.39. The Balaban J connectivity index is 1.62. The van der Waals surface area contributed by atoms with Crippen LogP contribution >= 0.6 is 11.6 Å². The predicted molar refractivity (Wildman–Crippen MR) is 91.0 cm³/mol. The Hall–Kier alpha value is -2.22. The van der Waals surface area contributed by atoms with Crippen LogP contribution in [-0.2, 0) is 23.1 Å². The lowest BCUT2D eigenvalue weighted by Crippen LogP contribution is -2.23. The number of sulfonamides is 1. The molecule has 0 unspecified atom stereocenters. The third kappa shape index (κ3) is 4.19. The minimum absolute atomic E-state index is 0.190. The number of hydrogen-bond donors (Lipinski definition) is 1. The molecule has 0 amide bonds. The maximum Gasteiger partial charge on any atom is 0.240 e. The molecule has 1 N–H and O–H groups in total. The van der Waals surface area contributed by atoms with E-state index in [0.29, 0.717) is 11.6 Å². The highest BCUT2D eigenvalue weighted by Gasteiger charge is 2.13. The highest BCUT2D eigenvalue weighted by molar-refractivity contribution is 7.89. The highest BCUT2D eigenvalue weighted by Crippen LogP contribution is 2.14. The normalized spacial score (nSPS) is 11.5. The summed E-state index contributed by atoms with van der Waals surface area (Å²) in [5.74, 6) is 0. The van der Waals surface area contributed by atoms with Gasteiger partial charge in [0.05, 0.1) is 11.4 Å². The number of hydrogen-bond acceptors (Lipinski definition) is 4. The van der Waals surface area contributed by atoms with Gasteiger partial charge in [-0.25, -0.2) is 22.8 Å². The lowest BCUT2D eigenvalue weighted by Gasteiger charge is -2.08. The molecule has 1 aromatic heterocycles. The Labute approximate surface area is 145 Å². The molecule has 8 heteroatoms. The van der Waals surface area contributed by atoms with E-state index in [1.807, 2.05) is 24.3 Å². The summed E-state index contributed by atoms with van der Waals surface area (Å²) >= 11 is 5.77. The molecular formula is C16H15ClN4O2S. The van der Waals surface area contributed by atoms with E-state index in [4.69, 9.17) is 11.6 Å². The van der Waals surface area contributed by atoms with E-state index in [1.54, 1.807) is 23.1 Å². The van der Waals surface area contributed by atoms with Crippen molar-refractivity contribution in [3.8, 4) is 0 Å². The largest absolute Gasteiger partial charge is 0.249 e. The zero-order valence-electron chi connectivity index (χ0n) is 12.6. The van der Waals surface area contributed by atoms with Gasteiger partial charge in [-0.05, 0) is 35.4 Å². The number of rotatable bonds is 6. The van der Waals surface area contributed by atoms with Crippen LogP contribution in [0.25, 0.3) is 0 Å². The van der Waals surface area contributed by atoms with Crippen LogP contribution in [-0.4, -0.2) is 23.2 Å².